The maximum Gasteiger partial charge on any atom is 0.338 e. The molecule has 2 aromatic rings. The Bertz CT molecular complexity index is 972. The van der Waals surface area contributed by atoms with Crippen molar-refractivity contribution in [3.05, 3.63) is 64.7 Å². The van der Waals surface area contributed by atoms with Gasteiger partial charge in [0.2, 0.25) is 10.0 Å². The molecule has 0 unspecified atom stereocenters. The molecule has 0 aromatic heterocycles. The fraction of sp³-hybridized carbons (Fsp3) is 0.435. The van der Waals surface area contributed by atoms with Gasteiger partial charge in [0, 0.05) is 13.1 Å². The topological polar surface area (TPSA) is 63.7 Å². The van der Waals surface area contributed by atoms with E-state index in [4.69, 9.17) is 4.74 Å². The van der Waals surface area contributed by atoms with Gasteiger partial charge in [-0.25, -0.2) is 13.2 Å². The van der Waals surface area contributed by atoms with Crippen molar-refractivity contribution in [2.45, 2.75) is 45.6 Å². The number of ether oxygens (including phenoxy) is 1. The van der Waals surface area contributed by atoms with Gasteiger partial charge in [0.25, 0.3) is 0 Å². The van der Waals surface area contributed by atoms with Crippen molar-refractivity contribution in [3.8, 4) is 0 Å². The van der Waals surface area contributed by atoms with Gasteiger partial charge in [-0.2, -0.15) is 4.31 Å². The first-order valence-corrected chi connectivity index (χ1v) is 11.4. The van der Waals surface area contributed by atoms with Gasteiger partial charge in [0.1, 0.15) is 6.61 Å². The van der Waals surface area contributed by atoms with Crippen LogP contribution in [0.2, 0.25) is 0 Å². The van der Waals surface area contributed by atoms with E-state index in [0.29, 0.717) is 30.5 Å². The van der Waals surface area contributed by atoms with Gasteiger partial charge >= 0.3 is 5.97 Å². The van der Waals surface area contributed by atoms with Crippen LogP contribution in [0.3, 0.4) is 0 Å². The molecule has 0 bridgehead atoms. The number of hydrogen-bond acceptors (Lipinski definition) is 4. The van der Waals surface area contributed by atoms with Crippen LogP contribution in [0.15, 0.2) is 47.4 Å². The second-order valence-corrected chi connectivity index (χ2v) is 10.2. The van der Waals surface area contributed by atoms with E-state index >= 15 is 0 Å². The number of hydrogen-bond donors (Lipinski definition) is 0. The Morgan fingerprint density at radius 1 is 1.03 bits per heavy atom. The van der Waals surface area contributed by atoms with Gasteiger partial charge in [0.05, 0.1) is 10.5 Å². The number of esters is 1. The van der Waals surface area contributed by atoms with E-state index in [0.717, 1.165) is 23.1 Å². The third-order valence-electron chi connectivity index (χ3n) is 5.43. The van der Waals surface area contributed by atoms with E-state index in [1.165, 1.54) is 24.3 Å². The number of piperidine rings is 1. The van der Waals surface area contributed by atoms with Gasteiger partial charge in [0.15, 0.2) is 0 Å². The van der Waals surface area contributed by atoms with Gasteiger partial charge < -0.3 is 4.74 Å². The van der Waals surface area contributed by atoms with Crippen molar-refractivity contribution in [2.24, 2.45) is 11.8 Å². The molecule has 6 heteroatoms. The van der Waals surface area contributed by atoms with Crippen molar-refractivity contribution in [1.82, 2.24) is 4.31 Å². The third kappa shape index (κ3) is 5.06. The van der Waals surface area contributed by atoms with Crippen molar-refractivity contribution in [3.63, 3.8) is 0 Å². The predicted octanol–water partition coefficient (Wildman–Crippen LogP) is 4.33. The lowest BCUT2D eigenvalue weighted by molar-refractivity contribution is 0.0472. The normalized spacial score (nSPS) is 20.4. The second kappa shape index (κ2) is 8.67. The number of carbonyl (C=O) groups is 1. The summed E-state index contributed by atoms with van der Waals surface area (Å²) in [7, 11) is -3.55. The highest BCUT2D eigenvalue weighted by molar-refractivity contribution is 7.89. The highest BCUT2D eigenvalue weighted by Gasteiger charge is 2.31. The number of aryl methyl sites for hydroxylation is 2. The Morgan fingerprint density at radius 3 is 2.28 bits per heavy atom. The molecule has 156 valence electrons. The number of benzene rings is 2. The Morgan fingerprint density at radius 2 is 1.66 bits per heavy atom. The Kier molecular flexibility index (Phi) is 6.44. The second-order valence-electron chi connectivity index (χ2n) is 8.30. The molecule has 0 spiro atoms. The molecule has 1 heterocycles. The molecule has 0 aliphatic carbocycles. The number of rotatable bonds is 5. The number of nitrogens with zero attached hydrogens (tertiary/aromatic N) is 1. The molecule has 29 heavy (non-hydrogen) atoms. The fourth-order valence-electron chi connectivity index (χ4n) is 3.90. The van der Waals surface area contributed by atoms with Crippen molar-refractivity contribution in [2.75, 3.05) is 13.1 Å². The fourth-order valence-corrected chi connectivity index (χ4v) is 5.58. The summed E-state index contributed by atoms with van der Waals surface area (Å²) < 4.78 is 32.9. The van der Waals surface area contributed by atoms with Crippen molar-refractivity contribution in [1.29, 1.82) is 0 Å². The standard InChI is InChI=1S/C23H29NO4S/c1-16-5-6-19(4)21(12-16)15-28-23(25)20-7-9-22(10-8-20)29(26,27)24-13-17(2)11-18(3)14-24/h5-10,12,17-18H,11,13-15H2,1-4H3/t17-,18-/m0/s1. The molecular weight excluding hydrogens is 386 g/mol. The first kappa shape index (κ1) is 21.5. The van der Waals surface area contributed by atoms with E-state index in [1.54, 1.807) is 4.31 Å². The smallest absolute Gasteiger partial charge is 0.338 e. The molecule has 0 N–H and O–H groups in total. The molecule has 1 saturated heterocycles. The SMILES string of the molecule is Cc1ccc(C)c(COC(=O)c2ccc(S(=O)(=O)N3C[C@@H](C)C[C@H](C)C3)cc2)c1. The molecule has 0 saturated carbocycles. The van der Waals surface area contributed by atoms with E-state index in [2.05, 4.69) is 13.8 Å². The monoisotopic (exact) mass is 415 g/mol. The van der Waals surface area contributed by atoms with Crippen molar-refractivity contribution >= 4 is 16.0 Å². The van der Waals surface area contributed by atoms with E-state index in [-0.39, 0.29) is 11.5 Å². The molecule has 2 atom stereocenters. The minimum absolute atomic E-state index is 0.190. The highest BCUT2D eigenvalue weighted by Crippen LogP contribution is 2.27. The van der Waals surface area contributed by atoms with Gasteiger partial charge in [-0.3, -0.25) is 0 Å². The van der Waals surface area contributed by atoms with Crippen LogP contribution in [0.5, 0.6) is 0 Å². The lowest BCUT2D eigenvalue weighted by Crippen LogP contribution is -2.42. The number of carbonyl (C=O) groups excluding carboxylic acids is 1. The zero-order chi connectivity index (χ0) is 21.2. The molecule has 0 amide bonds. The van der Waals surface area contributed by atoms with Crippen LogP contribution >= 0.6 is 0 Å². The molecule has 3 rings (SSSR count). The summed E-state index contributed by atoms with van der Waals surface area (Å²) >= 11 is 0. The zero-order valence-electron chi connectivity index (χ0n) is 17.5. The van der Waals surface area contributed by atoms with E-state index in [1.807, 2.05) is 32.0 Å². The molecule has 1 aliphatic heterocycles. The summed E-state index contributed by atoms with van der Waals surface area (Å²) in [5.41, 5.74) is 3.48. The van der Waals surface area contributed by atoms with Crippen LogP contribution in [-0.4, -0.2) is 31.8 Å². The van der Waals surface area contributed by atoms with Gasteiger partial charge in [-0.05, 0) is 67.5 Å². The van der Waals surface area contributed by atoms with E-state index < -0.39 is 16.0 Å². The van der Waals surface area contributed by atoms with Gasteiger partial charge in [-0.15, -0.1) is 0 Å². The summed E-state index contributed by atoms with van der Waals surface area (Å²) in [5, 5.41) is 0. The zero-order valence-corrected chi connectivity index (χ0v) is 18.3. The summed E-state index contributed by atoms with van der Waals surface area (Å²) in [6, 6.07) is 12.1. The molecular formula is C23H29NO4S. The van der Waals surface area contributed by atoms with Crippen LogP contribution in [0.4, 0.5) is 0 Å². The van der Waals surface area contributed by atoms with E-state index in [9.17, 15) is 13.2 Å². The van der Waals surface area contributed by atoms with Crippen LogP contribution < -0.4 is 0 Å². The molecule has 1 aliphatic rings. The average molecular weight is 416 g/mol. The van der Waals surface area contributed by atoms with Crippen LogP contribution in [0.1, 0.15) is 47.3 Å². The minimum Gasteiger partial charge on any atom is -0.457 e. The molecule has 5 nitrogen and oxygen atoms in total. The molecule has 1 fully saturated rings. The van der Waals surface area contributed by atoms with Gasteiger partial charge in [-0.1, -0.05) is 37.6 Å². The largest absolute Gasteiger partial charge is 0.457 e. The predicted molar refractivity (Wildman–Crippen MR) is 113 cm³/mol. The number of sulfonamides is 1. The van der Waals surface area contributed by atoms with Crippen LogP contribution in [0.25, 0.3) is 0 Å². The first-order valence-electron chi connectivity index (χ1n) is 10.0. The Balaban J connectivity index is 1.69. The van der Waals surface area contributed by atoms with Crippen molar-refractivity contribution < 1.29 is 17.9 Å². The minimum atomic E-state index is -3.55. The summed E-state index contributed by atoms with van der Waals surface area (Å²) in [6.07, 6.45) is 1.04. The summed E-state index contributed by atoms with van der Waals surface area (Å²) in [6.45, 7) is 9.38. The summed E-state index contributed by atoms with van der Waals surface area (Å²) in [4.78, 5) is 12.6. The third-order valence-corrected chi connectivity index (χ3v) is 7.27. The lowest BCUT2D eigenvalue weighted by Gasteiger charge is -2.34. The molecule has 2 aromatic carbocycles. The van der Waals surface area contributed by atoms with Crippen LogP contribution in [-0.2, 0) is 21.4 Å². The first-order chi connectivity index (χ1) is 13.7. The average Bonchev–Trinajstić information content (AvgIpc) is 2.67. The highest BCUT2D eigenvalue weighted by atomic mass is 32.2. The quantitative estimate of drug-likeness (QED) is 0.682. The Labute approximate surface area is 173 Å². The van der Waals surface area contributed by atoms with Crippen LogP contribution in [0, 0.1) is 25.7 Å². The summed E-state index contributed by atoms with van der Waals surface area (Å²) in [5.74, 6) is 0.218. The maximum atomic E-state index is 12.9. The maximum absolute atomic E-state index is 12.9. The Hall–Kier alpha value is -2.18. The lowest BCUT2D eigenvalue weighted by atomic mass is 9.94. The molecule has 0 radical (unpaired) electrons.